The normalized spacial score (nSPS) is 10.4. The minimum atomic E-state index is -0.352. The number of methoxy groups -OCH3 is 1. The van der Waals surface area contributed by atoms with Crippen molar-refractivity contribution in [1.82, 2.24) is 0 Å². The summed E-state index contributed by atoms with van der Waals surface area (Å²) in [7, 11) is 1.50. The average Bonchev–Trinajstić information content (AvgIpc) is 2.67. The fourth-order valence-corrected chi connectivity index (χ4v) is 2.67. The zero-order valence-corrected chi connectivity index (χ0v) is 14.4. The molecule has 3 aromatic carbocycles. The highest BCUT2D eigenvalue weighted by molar-refractivity contribution is 6.06. The van der Waals surface area contributed by atoms with Gasteiger partial charge in [0, 0.05) is 11.3 Å². The van der Waals surface area contributed by atoms with Crippen molar-refractivity contribution in [3.8, 4) is 5.75 Å². The number of nitrogens with zero attached hydrogens (tertiary/aromatic N) is 1. The van der Waals surface area contributed by atoms with Crippen LogP contribution in [0.3, 0.4) is 0 Å². The molecule has 0 atom stereocenters. The summed E-state index contributed by atoms with van der Waals surface area (Å²) in [5.74, 6) is -0.136. The third-order valence-corrected chi connectivity index (χ3v) is 4.05. The monoisotopic (exact) mass is 350 g/mol. The summed E-state index contributed by atoms with van der Waals surface area (Å²) in [5.41, 5.74) is 8.31. The van der Waals surface area contributed by atoms with Crippen LogP contribution >= 0.6 is 0 Å². The van der Waals surface area contributed by atoms with Crippen LogP contribution in [0, 0.1) is 5.82 Å². The lowest BCUT2D eigenvalue weighted by molar-refractivity contribution is 0.0985. The first-order valence-corrected chi connectivity index (χ1v) is 8.13. The van der Waals surface area contributed by atoms with Crippen molar-refractivity contribution in [3.05, 3.63) is 89.7 Å². The zero-order chi connectivity index (χ0) is 18.5. The number of halogens is 1. The summed E-state index contributed by atoms with van der Waals surface area (Å²) in [6, 6.07) is 20.4. The molecule has 0 radical (unpaired) electrons. The van der Waals surface area contributed by atoms with Crippen LogP contribution < -0.4 is 15.4 Å². The van der Waals surface area contributed by atoms with Gasteiger partial charge in [0.25, 0.3) is 5.91 Å². The largest absolute Gasteiger partial charge is 0.495 e. The molecule has 0 saturated heterocycles. The van der Waals surface area contributed by atoms with Crippen LogP contribution in [0.15, 0.2) is 72.8 Å². The SMILES string of the molecule is COc1cc(C(=O)N(Cc2ccccc2)c2ccc(F)cc2)ccc1N. The van der Waals surface area contributed by atoms with E-state index >= 15 is 0 Å². The van der Waals surface area contributed by atoms with Crippen LogP contribution in [0.4, 0.5) is 15.8 Å². The van der Waals surface area contributed by atoms with E-state index in [1.54, 1.807) is 35.2 Å². The molecular formula is C21H19FN2O2. The Hall–Kier alpha value is -3.34. The van der Waals surface area contributed by atoms with E-state index in [-0.39, 0.29) is 11.7 Å². The molecule has 0 aliphatic carbocycles. The van der Waals surface area contributed by atoms with Gasteiger partial charge in [-0.2, -0.15) is 0 Å². The third-order valence-electron chi connectivity index (χ3n) is 4.05. The first-order valence-electron chi connectivity index (χ1n) is 8.13. The predicted molar refractivity (Wildman–Crippen MR) is 101 cm³/mol. The van der Waals surface area contributed by atoms with Crippen molar-refractivity contribution in [3.63, 3.8) is 0 Å². The average molecular weight is 350 g/mol. The van der Waals surface area contributed by atoms with Gasteiger partial charge in [-0.1, -0.05) is 30.3 Å². The third kappa shape index (κ3) is 3.83. The summed E-state index contributed by atoms with van der Waals surface area (Å²) in [6.07, 6.45) is 0. The number of benzene rings is 3. The predicted octanol–water partition coefficient (Wildman–Crippen LogP) is 4.26. The maximum absolute atomic E-state index is 13.3. The summed E-state index contributed by atoms with van der Waals surface area (Å²) in [4.78, 5) is 14.7. The molecule has 5 heteroatoms. The van der Waals surface area contributed by atoms with Crippen LogP contribution in [-0.2, 0) is 6.54 Å². The van der Waals surface area contributed by atoms with Gasteiger partial charge in [0.2, 0.25) is 0 Å². The van der Waals surface area contributed by atoms with Gasteiger partial charge in [-0.15, -0.1) is 0 Å². The van der Waals surface area contributed by atoms with E-state index in [0.717, 1.165) is 5.56 Å². The van der Waals surface area contributed by atoms with Crippen LogP contribution in [-0.4, -0.2) is 13.0 Å². The lowest BCUT2D eigenvalue weighted by Crippen LogP contribution is -2.30. The summed E-state index contributed by atoms with van der Waals surface area (Å²) in [5, 5.41) is 0. The van der Waals surface area contributed by atoms with Crippen molar-refractivity contribution in [2.24, 2.45) is 0 Å². The van der Waals surface area contributed by atoms with Gasteiger partial charge in [-0.05, 0) is 48.0 Å². The topological polar surface area (TPSA) is 55.6 Å². The molecule has 3 aromatic rings. The number of hydrogen-bond donors (Lipinski definition) is 1. The summed E-state index contributed by atoms with van der Waals surface area (Å²) >= 11 is 0. The van der Waals surface area contributed by atoms with Gasteiger partial charge < -0.3 is 15.4 Å². The summed E-state index contributed by atoms with van der Waals surface area (Å²) in [6.45, 7) is 0.359. The fraction of sp³-hybridized carbons (Fsp3) is 0.0952. The lowest BCUT2D eigenvalue weighted by Gasteiger charge is -2.23. The second-order valence-corrected chi connectivity index (χ2v) is 5.81. The Balaban J connectivity index is 1.99. The maximum atomic E-state index is 13.3. The number of amides is 1. The van der Waals surface area contributed by atoms with E-state index in [4.69, 9.17) is 10.5 Å². The molecule has 0 bridgehead atoms. The van der Waals surface area contributed by atoms with Gasteiger partial charge >= 0.3 is 0 Å². The number of carbonyl (C=O) groups excluding carboxylic acids is 1. The molecule has 2 N–H and O–H groups in total. The van der Waals surface area contributed by atoms with Crippen molar-refractivity contribution >= 4 is 17.3 Å². The molecule has 132 valence electrons. The molecule has 0 aromatic heterocycles. The van der Waals surface area contributed by atoms with E-state index in [0.29, 0.717) is 29.2 Å². The first-order chi connectivity index (χ1) is 12.6. The second kappa shape index (κ2) is 7.70. The lowest BCUT2D eigenvalue weighted by atomic mass is 10.1. The van der Waals surface area contributed by atoms with Crippen molar-refractivity contribution in [2.45, 2.75) is 6.54 Å². The van der Waals surface area contributed by atoms with Gasteiger partial charge in [0.05, 0.1) is 19.3 Å². The summed E-state index contributed by atoms with van der Waals surface area (Å²) < 4.78 is 18.5. The van der Waals surface area contributed by atoms with Gasteiger partial charge in [0.1, 0.15) is 11.6 Å². The Bertz CT molecular complexity index is 896. The highest BCUT2D eigenvalue weighted by Gasteiger charge is 2.19. The highest BCUT2D eigenvalue weighted by Crippen LogP contribution is 2.26. The van der Waals surface area contributed by atoms with E-state index < -0.39 is 0 Å². The van der Waals surface area contributed by atoms with E-state index in [2.05, 4.69) is 0 Å². The number of carbonyl (C=O) groups is 1. The number of ether oxygens (including phenoxy) is 1. The van der Waals surface area contributed by atoms with E-state index in [1.807, 2.05) is 30.3 Å². The quantitative estimate of drug-likeness (QED) is 0.700. The van der Waals surface area contributed by atoms with Crippen LogP contribution in [0.25, 0.3) is 0 Å². The van der Waals surface area contributed by atoms with Crippen LogP contribution in [0.5, 0.6) is 5.75 Å². The Morgan fingerprint density at radius 3 is 2.38 bits per heavy atom. The minimum Gasteiger partial charge on any atom is -0.495 e. The zero-order valence-electron chi connectivity index (χ0n) is 14.4. The first kappa shape index (κ1) is 17.5. The fourth-order valence-electron chi connectivity index (χ4n) is 2.67. The number of anilines is 2. The van der Waals surface area contributed by atoms with Crippen molar-refractivity contribution in [1.29, 1.82) is 0 Å². The number of nitrogen functional groups attached to an aromatic ring is 1. The van der Waals surface area contributed by atoms with Crippen molar-refractivity contribution in [2.75, 3.05) is 17.7 Å². The number of hydrogen-bond acceptors (Lipinski definition) is 3. The Labute approximate surface area is 151 Å². The van der Waals surface area contributed by atoms with E-state index in [1.165, 1.54) is 19.2 Å². The molecule has 4 nitrogen and oxygen atoms in total. The Kier molecular flexibility index (Phi) is 5.17. The molecule has 0 aliphatic rings. The number of rotatable bonds is 5. The standard InChI is InChI=1S/C21H19FN2O2/c1-26-20-13-16(7-12-19(20)23)21(25)24(14-15-5-3-2-4-6-15)18-10-8-17(22)9-11-18/h2-13H,14,23H2,1H3. The van der Waals surface area contributed by atoms with Crippen molar-refractivity contribution < 1.29 is 13.9 Å². The van der Waals surface area contributed by atoms with Gasteiger partial charge in [-0.3, -0.25) is 4.79 Å². The molecular weight excluding hydrogens is 331 g/mol. The Morgan fingerprint density at radius 1 is 1.04 bits per heavy atom. The maximum Gasteiger partial charge on any atom is 0.258 e. The smallest absolute Gasteiger partial charge is 0.258 e. The van der Waals surface area contributed by atoms with Gasteiger partial charge in [0.15, 0.2) is 0 Å². The molecule has 0 spiro atoms. The molecule has 26 heavy (non-hydrogen) atoms. The molecule has 0 aliphatic heterocycles. The Morgan fingerprint density at radius 2 is 1.73 bits per heavy atom. The van der Waals surface area contributed by atoms with Crippen LogP contribution in [0.1, 0.15) is 15.9 Å². The molecule has 1 amide bonds. The van der Waals surface area contributed by atoms with E-state index in [9.17, 15) is 9.18 Å². The molecule has 0 fully saturated rings. The number of nitrogens with two attached hydrogens (primary N) is 1. The minimum absolute atomic E-state index is 0.223. The van der Waals surface area contributed by atoms with Crippen LogP contribution in [0.2, 0.25) is 0 Å². The molecule has 0 saturated carbocycles. The molecule has 0 unspecified atom stereocenters. The van der Waals surface area contributed by atoms with Gasteiger partial charge in [-0.25, -0.2) is 4.39 Å². The molecule has 0 heterocycles. The second-order valence-electron chi connectivity index (χ2n) is 5.81. The highest BCUT2D eigenvalue weighted by atomic mass is 19.1. The molecule has 3 rings (SSSR count).